The number of methoxy groups -OCH3 is 1. The number of nitriles is 1. The summed E-state index contributed by atoms with van der Waals surface area (Å²) < 4.78 is 4.89. The van der Waals surface area contributed by atoms with Crippen molar-refractivity contribution in [2.45, 2.75) is 6.92 Å². The molecule has 0 spiro atoms. The van der Waals surface area contributed by atoms with E-state index in [2.05, 4.69) is 16.4 Å². The van der Waals surface area contributed by atoms with Crippen molar-refractivity contribution in [1.82, 2.24) is 4.98 Å². The standard InChI is InChI=1S/C10H13N3O/c1-8-3-4-12-10(9(8)7-11)13-5-6-14-2/h3-4H,5-6H2,1-2H3,(H,12,13). The van der Waals surface area contributed by atoms with Gasteiger partial charge >= 0.3 is 0 Å². The molecule has 0 amide bonds. The number of hydrogen-bond acceptors (Lipinski definition) is 4. The molecule has 1 heterocycles. The number of ether oxygens (including phenoxy) is 1. The molecular weight excluding hydrogens is 178 g/mol. The zero-order chi connectivity index (χ0) is 10.4. The Balaban J connectivity index is 2.76. The van der Waals surface area contributed by atoms with Crippen molar-refractivity contribution in [3.05, 3.63) is 23.4 Å². The van der Waals surface area contributed by atoms with Crippen molar-refractivity contribution in [3.8, 4) is 6.07 Å². The summed E-state index contributed by atoms with van der Waals surface area (Å²) in [5, 5.41) is 11.9. The van der Waals surface area contributed by atoms with Crippen LogP contribution in [0.4, 0.5) is 5.82 Å². The fourth-order valence-electron chi connectivity index (χ4n) is 1.10. The van der Waals surface area contributed by atoms with E-state index in [1.165, 1.54) is 0 Å². The van der Waals surface area contributed by atoms with Crippen LogP contribution in [0.5, 0.6) is 0 Å². The number of rotatable bonds is 4. The monoisotopic (exact) mass is 191 g/mol. The van der Waals surface area contributed by atoms with Gasteiger partial charge in [-0.3, -0.25) is 0 Å². The lowest BCUT2D eigenvalue weighted by atomic mass is 10.1. The molecule has 0 saturated carbocycles. The predicted molar refractivity (Wildman–Crippen MR) is 54.1 cm³/mol. The van der Waals surface area contributed by atoms with E-state index in [0.717, 1.165) is 5.56 Å². The summed E-state index contributed by atoms with van der Waals surface area (Å²) in [4.78, 5) is 4.09. The molecule has 1 aromatic heterocycles. The predicted octanol–water partition coefficient (Wildman–Crippen LogP) is 1.32. The van der Waals surface area contributed by atoms with Crippen molar-refractivity contribution in [2.24, 2.45) is 0 Å². The molecule has 0 radical (unpaired) electrons. The maximum Gasteiger partial charge on any atom is 0.144 e. The molecule has 14 heavy (non-hydrogen) atoms. The first kappa shape index (κ1) is 10.5. The highest BCUT2D eigenvalue weighted by Gasteiger charge is 2.04. The van der Waals surface area contributed by atoms with Crippen molar-refractivity contribution >= 4 is 5.82 Å². The summed E-state index contributed by atoms with van der Waals surface area (Å²) in [7, 11) is 1.64. The minimum Gasteiger partial charge on any atom is -0.383 e. The van der Waals surface area contributed by atoms with Gasteiger partial charge in [0.25, 0.3) is 0 Å². The molecule has 1 aromatic rings. The Morgan fingerprint density at radius 1 is 1.64 bits per heavy atom. The van der Waals surface area contributed by atoms with Crippen LogP contribution in [0.15, 0.2) is 12.3 Å². The lowest BCUT2D eigenvalue weighted by Crippen LogP contribution is -2.10. The third-order valence-corrected chi connectivity index (χ3v) is 1.87. The number of nitrogens with one attached hydrogen (secondary N) is 1. The van der Waals surface area contributed by atoms with Crippen LogP contribution in [-0.2, 0) is 4.74 Å². The smallest absolute Gasteiger partial charge is 0.144 e. The van der Waals surface area contributed by atoms with Crippen molar-refractivity contribution < 1.29 is 4.74 Å². The van der Waals surface area contributed by atoms with Crippen LogP contribution >= 0.6 is 0 Å². The number of anilines is 1. The first-order chi connectivity index (χ1) is 6.79. The van der Waals surface area contributed by atoms with E-state index in [4.69, 9.17) is 10.00 Å². The largest absolute Gasteiger partial charge is 0.383 e. The SMILES string of the molecule is COCCNc1nccc(C)c1C#N. The van der Waals surface area contributed by atoms with Gasteiger partial charge in [0.1, 0.15) is 11.9 Å². The summed E-state index contributed by atoms with van der Waals surface area (Å²) in [6.45, 7) is 3.14. The van der Waals surface area contributed by atoms with E-state index in [-0.39, 0.29) is 0 Å². The first-order valence-electron chi connectivity index (χ1n) is 4.38. The Hall–Kier alpha value is -1.60. The van der Waals surface area contributed by atoms with Crippen LogP contribution in [0.3, 0.4) is 0 Å². The molecule has 0 unspecified atom stereocenters. The van der Waals surface area contributed by atoms with E-state index >= 15 is 0 Å². The number of aromatic nitrogens is 1. The Labute approximate surface area is 83.5 Å². The van der Waals surface area contributed by atoms with Gasteiger partial charge in [0.05, 0.1) is 12.2 Å². The van der Waals surface area contributed by atoms with Crippen molar-refractivity contribution in [1.29, 1.82) is 5.26 Å². The minimum atomic E-state index is 0.598. The zero-order valence-electron chi connectivity index (χ0n) is 8.37. The molecule has 0 aliphatic rings. The van der Waals surface area contributed by atoms with Gasteiger partial charge < -0.3 is 10.1 Å². The summed E-state index contributed by atoms with van der Waals surface area (Å²) in [6, 6.07) is 3.94. The third kappa shape index (κ3) is 2.44. The zero-order valence-corrected chi connectivity index (χ0v) is 8.37. The molecule has 0 aliphatic heterocycles. The van der Waals surface area contributed by atoms with Crippen LogP contribution in [0, 0.1) is 18.3 Å². The number of hydrogen-bond donors (Lipinski definition) is 1. The minimum absolute atomic E-state index is 0.598. The van der Waals surface area contributed by atoms with Crippen LogP contribution in [0.2, 0.25) is 0 Å². The van der Waals surface area contributed by atoms with Gasteiger partial charge in [-0.15, -0.1) is 0 Å². The third-order valence-electron chi connectivity index (χ3n) is 1.87. The molecular formula is C10H13N3O. The Bertz CT molecular complexity index is 344. The molecule has 0 aromatic carbocycles. The molecule has 0 bridgehead atoms. The Morgan fingerprint density at radius 2 is 2.43 bits per heavy atom. The summed E-state index contributed by atoms with van der Waals surface area (Å²) in [5.41, 5.74) is 1.53. The molecule has 0 aliphatic carbocycles. The Kier molecular flexibility index (Phi) is 3.89. The van der Waals surface area contributed by atoms with Gasteiger partial charge in [0, 0.05) is 19.9 Å². The molecule has 4 nitrogen and oxygen atoms in total. The number of pyridine rings is 1. The highest BCUT2D eigenvalue weighted by atomic mass is 16.5. The quantitative estimate of drug-likeness (QED) is 0.729. The van der Waals surface area contributed by atoms with Crippen LogP contribution < -0.4 is 5.32 Å². The van der Waals surface area contributed by atoms with Gasteiger partial charge in [0.15, 0.2) is 0 Å². The molecule has 74 valence electrons. The van der Waals surface area contributed by atoms with E-state index in [0.29, 0.717) is 24.5 Å². The average molecular weight is 191 g/mol. The maximum atomic E-state index is 8.89. The fraction of sp³-hybridized carbons (Fsp3) is 0.400. The summed E-state index contributed by atoms with van der Waals surface area (Å²) in [6.07, 6.45) is 1.69. The summed E-state index contributed by atoms with van der Waals surface area (Å²) in [5.74, 6) is 0.629. The van der Waals surface area contributed by atoms with E-state index in [1.807, 2.05) is 13.0 Å². The van der Waals surface area contributed by atoms with Crippen LogP contribution in [-0.4, -0.2) is 25.2 Å². The lowest BCUT2D eigenvalue weighted by molar-refractivity contribution is 0.210. The fourth-order valence-corrected chi connectivity index (χ4v) is 1.10. The van der Waals surface area contributed by atoms with E-state index in [1.54, 1.807) is 13.3 Å². The Morgan fingerprint density at radius 3 is 3.07 bits per heavy atom. The normalized spacial score (nSPS) is 9.50. The number of nitrogens with zero attached hydrogens (tertiary/aromatic N) is 2. The second kappa shape index (κ2) is 5.20. The van der Waals surface area contributed by atoms with Gasteiger partial charge in [-0.1, -0.05) is 0 Å². The van der Waals surface area contributed by atoms with E-state index in [9.17, 15) is 0 Å². The second-order valence-electron chi connectivity index (χ2n) is 2.88. The second-order valence-corrected chi connectivity index (χ2v) is 2.88. The van der Waals surface area contributed by atoms with Crippen LogP contribution in [0.25, 0.3) is 0 Å². The maximum absolute atomic E-state index is 8.89. The highest BCUT2D eigenvalue weighted by molar-refractivity contribution is 5.55. The van der Waals surface area contributed by atoms with Gasteiger partial charge in [-0.2, -0.15) is 5.26 Å². The van der Waals surface area contributed by atoms with Gasteiger partial charge in [-0.05, 0) is 18.6 Å². The van der Waals surface area contributed by atoms with Crippen molar-refractivity contribution in [3.63, 3.8) is 0 Å². The molecule has 1 N–H and O–H groups in total. The number of aryl methyl sites for hydroxylation is 1. The topological polar surface area (TPSA) is 57.9 Å². The molecule has 0 saturated heterocycles. The summed E-state index contributed by atoms with van der Waals surface area (Å²) >= 11 is 0. The van der Waals surface area contributed by atoms with Gasteiger partial charge in [-0.25, -0.2) is 4.98 Å². The van der Waals surface area contributed by atoms with Crippen molar-refractivity contribution in [2.75, 3.05) is 25.6 Å². The van der Waals surface area contributed by atoms with E-state index < -0.39 is 0 Å². The molecule has 0 fully saturated rings. The average Bonchev–Trinajstić information content (AvgIpc) is 2.18. The molecule has 4 heteroatoms. The van der Waals surface area contributed by atoms with Gasteiger partial charge in [0.2, 0.25) is 0 Å². The molecule has 1 rings (SSSR count). The lowest BCUT2D eigenvalue weighted by Gasteiger charge is -2.07. The highest BCUT2D eigenvalue weighted by Crippen LogP contribution is 2.14. The molecule has 0 atom stereocenters. The van der Waals surface area contributed by atoms with Crippen LogP contribution in [0.1, 0.15) is 11.1 Å². The first-order valence-corrected chi connectivity index (χ1v) is 4.38.